The highest BCUT2D eigenvalue weighted by atomic mass is 16.6. The van der Waals surface area contributed by atoms with Gasteiger partial charge < -0.3 is 10.2 Å². The van der Waals surface area contributed by atoms with Crippen LogP contribution in [0.15, 0.2) is 0 Å². The fraction of sp³-hybridized carbons (Fsp3) is 1.00. The van der Waals surface area contributed by atoms with Gasteiger partial charge in [-0.1, -0.05) is 6.42 Å². The summed E-state index contributed by atoms with van der Waals surface area (Å²) in [6.45, 7) is 2.09. The van der Waals surface area contributed by atoms with Gasteiger partial charge in [0.25, 0.3) is 0 Å². The molecule has 3 heteroatoms. The molecule has 1 heterocycles. The molecule has 10 heavy (non-hydrogen) atoms. The van der Waals surface area contributed by atoms with Gasteiger partial charge in [0.1, 0.15) is 0 Å². The summed E-state index contributed by atoms with van der Waals surface area (Å²) in [5.41, 5.74) is 2.86. The third-order valence-electron chi connectivity index (χ3n) is 1.89. The first-order valence-corrected chi connectivity index (χ1v) is 3.92. The van der Waals surface area contributed by atoms with Crippen molar-refractivity contribution in [3.63, 3.8) is 0 Å². The number of hydrogen-bond acceptors (Lipinski definition) is 3. The Labute approximate surface area is 62.1 Å². The SMILES string of the molecule is CONCC1CCCCN1. The van der Waals surface area contributed by atoms with E-state index in [4.69, 9.17) is 4.84 Å². The van der Waals surface area contributed by atoms with Crippen molar-refractivity contribution in [2.75, 3.05) is 20.2 Å². The molecule has 1 unspecified atom stereocenters. The second kappa shape index (κ2) is 4.66. The highest BCUT2D eigenvalue weighted by molar-refractivity contribution is 4.72. The van der Waals surface area contributed by atoms with Gasteiger partial charge in [0.2, 0.25) is 0 Å². The van der Waals surface area contributed by atoms with Crippen molar-refractivity contribution in [1.29, 1.82) is 0 Å². The van der Waals surface area contributed by atoms with Crippen molar-refractivity contribution in [2.24, 2.45) is 0 Å². The molecular formula is C7H16N2O. The van der Waals surface area contributed by atoms with Crippen LogP contribution in [0.25, 0.3) is 0 Å². The molecule has 0 amide bonds. The van der Waals surface area contributed by atoms with Gasteiger partial charge >= 0.3 is 0 Å². The first-order valence-electron chi connectivity index (χ1n) is 3.92. The summed E-state index contributed by atoms with van der Waals surface area (Å²) in [6, 6.07) is 0.619. The molecule has 1 saturated heterocycles. The van der Waals surface area contributed by atoms with Crippen LogP contribution in [0.2, 0.25) is 0 Å². The van der Waals surface area contributed by atoms with Crippen LogP contribution in [0.3, 0.4) is 0 Å². The van der Waals surface area contributed by atoms with Crippen molar-refractivity contribution in [2.45, 2.75) is 25.3 Å². The second-order valence-electron chi connectivity index (χ2n) is 2.70. The average molecular weight is 144 g/mol. The van der Waals surface area contributed by atoms with Crippen LogP contribution in [-0.4, -0.2) is 26.2 Å². The Morgan fingerprint density at radius 3 is 3.10 bits per heavy atom. The summed E-state index contributed by atoms with van der Waals surface area (Å²) < 4.78 is 0. The van der Waals surface area contributed by atoms with E-state index in [0.717, 1.165) is 13.1 Å². The van der Waals surface area contributed by atoms with E-state index in [1.807, 2.05) is 0 Å². The molecule has 0 aliphatic carbocycles. The smallest absolute Gasteiger partial charge is 0.0572 e. The molecule has 0 aromatic heterocycles. The second-order valence-corrected chi connectivity index (χ2v) is 2.70. The first kappa shape index (κ1) is 7.98. The summed E-state index contributed by atoms with van der Waals surface area (Å²) in [5.74, 6) is 0. The average Bonchev–Trinajstić information content (AvgIpc) is 2.03. The predicted octanol–water partition coefficient (Wildman–Crippen LogP) is 0.279. The molecule has 1 aliphatic rings. The van der Waals surface area contributed by atoms with Crippen molar-refractivity contribution in [3.8, 4) is 0 Å². The minimum Gasteiger partial charge on any atom is -0.313 e. The lowest BCUT2D eigenvalue weighted by atomic mass is 10.1. The van der Waals surface area contributed by atoms with E-state index >= 15 is 0 Å². The Bertz CT molecular complexity index is 81.7. The Balaban J connectivity index is 2.02. The number of hydrogen-bond donors (Lipinski definition) is 2. The fourth-order valence-electron chi connectivity index (χ4n) is 1.28. The molecule has 1 aliphatic heterocycles. The van der Waals surface area contributed by atoms with Crippen LogP contribution in [0, 0.1) is 0 Å². The number of piperidine rings is 1. The number of hydroxylamine groups is 1. The zero-order valence-corrected chi connectivity index (χ0v) is 6.52. The highest BCUT2D eigenvalue weighted by Crippen LogP contribution is 2.05. The molecule has 60 valence electrons. The minimum atomic E-state index is 0.619. The minimum absolute atomic E-state index is 0.619. The van der Waals surface area contributed by atoms with Crippen LogP contribution in [0.5, 0.6) is 0 Å². The molecule has 2 N–H and O–H groups in total. The molecule has 3 nitrogen and oxygen atoms in total. The lowest BCUT2D eigenvalue weighted by molar-refractivity contribution is 0.0815. The van der Waals surface area contributed by atoms with Gasteiger partial charge in [-0.05, 0) is 19.4 Å². The van der Waals surface area contributed by atoms with E-state index in [1.54, 1.807) is 7.11 Å². The quantitative estimate of drug-likeness (QED) is 0.558. The van der Waals surface area contributed by atoms with Crippen molar-refractivity contribution < 1.29 is 4.84 Å². The van der Waals surface area contributed by atoms with Gasteiger partial charge in [0, 0.05) is 12.6 Å². The molecular weight excluding hydrogens is 128 g/mol. The lowest BCUT2D eigenvalue weighted by Crippen LogP contribution is -2.41. The van der Waals surface area contributed by atoms with E-state index < -0.39 is 0 Å². The van der Waals surface area contributed by atoms with E-state index in [1.165, 1.54) is 19.3 Å². The third kappa shape index (κ3) is 2.64. The summed E-state index contributed by atoms with van der Waals surface area (Å²) in [6.07, 6.45) is 3.95. The molecule has 1 fully saturated rings. The van der Waals surface area contributed by atoms with E-state index in [0.29, 0.717) is 6.04 Å². The molecule has 0 saturated carbocycles. The zero-order valence-electron chi connectivity index (χ0n) is 6.52. The van der Waals surface area contributed by atoms with E-state index in [-0.39, 0.29) is 0 Å². The topological polar surface area (TPSA) is 33.3 Å². The molecule has 1 rings (SSSR count). The summed E-state index contributed by atoms with van der Waals surface area (Å²) >= 11 is 0. The van der Waals surface area contributed by atoms with Crippen LogP contribution in [0.4, 0.5) is 0 Å². The van der Waals surface area contributed by atoms with Crippen molar-refractivity contribution >= 4 is 0 Å². The van der Waals surface area contributed by atoms with Crippen LogP contribution in [0.1, 0.15) is 19.3 Å². The first-order chi connectivity index (χ1) is 4.93. The van der Waals surface area contributed by atoms with Crippen LogP contribution < -0.4 is 10.8 Å². The largest absolute Gasteiger partial charge is 0.313 e. The molecule has 1 atom stereocenters. The summed E-state index contributed by atoms with van der Waals surface area (Å²) in [5, 5.41) is 3.41. The third-order valence-corrected chi connectivity index (χ3v) is 1.89. The van der Waals surface area contributed by atoms with Gasteiger partial charge in [-0.2, -0.15) is 0 Å². The summed E-state index contributed by atoms with van der Waals surface area (Å²) in [4.78, 5) is 4.75. The Morgan fingerprint density at radius 2 is 2.50 bits per heavy atom. The molecule has 0 aromatic carbocycles. The van der Waals surface area contributed by atoms with Crippen molar-refractivity contribution in [1.82, 2.24) is 10.8 Å². The van der Waals surface area contributed by atoms with E-state index in [2.05, 4.69) is 10.8 Å². The molecule has 0 spiro atoms. The Kier molecular flexibility index (Phi) is 3.72. The number of rotatable bonds is 3. The zero-order chi connectivity index (χ0) is 7.23. The predicted molar refractivity (Wildman–Crippen MR) is 40.7 cm³/mol. The molecule has 0 aromatic rings. The van der Waals surface area contributed by atoms with Gasteiger partial charge in [-0.15, -0.1) is 0 Å². The maximum atomic E-state index is 4.75. The van der Waals surface area contributed by atoms with Crippen molar-refractivity contribution in [3.05, 3.63) is 0 Å². The monoisotopic (exact) mass is 144 g/mol. The molecule has 0 bridgehead atoms. The molecule has 0 radical (unpaired) electrons. The van der Waals surface area contributed by atoms with Gasteiger partial charge in [-0.3, -0.25) is 0 Å². The van der Waals surface area contributed by atoms with Gasteiger partial charge in [0.05, 0.1) is 7.11 Å². The highest BCUT2D eigenvalue weighted by Gasteiger charge is 2.10. The summed E-state index contributed by atoms with van der Waals surface area (Å²) in [7, 11) is 1.66. The Morgan fingerprint density at radius 1 is 1.60 bits per heavy atom. The van der Waals surface area contributed by atoms with Gasteiger partial charge in [0.15, 0.2) is 0 Å². The van der Waals surface area contributed by atoms with E-state index in [9.17, 15) is 0 Å². The standard InChI is InChI=1S/C7H16N2O/c1-10-9-6-7-4-2-3-5-8-7/h7-9H,2-6H2,1H3. The lowest BCUT2D eigenvalue weighted by Gasteiger charge is -2.22. The van der Waals surface area contributed by atoms with Gasteiger partial charge in [-0.25, -0.2) is 5.48 Å². The van der Waals surface area contributed by atoms with Crippen LogP contribution >= 0.6 is 0 Å². The maximum Gasteiger partial charge on any atom is 0.0572 e. The maximum absolute atomic E-state index is 4.75. The fourth-order valence-corrected chi connectivity index (χ4v) is 1.28. The Hall–Kier alpha value is -0.120. The number of nitrogens with one attached hydrogen (secondary N) is 2. The normalized spacial score (nSPS) is 26.7. The van der Waals surface area contributed by atoms with Crippen LogP contribution in [-0.2, 0) is 4.84 Å².